The van der Waals surface area contributed by atoms with Gasteiger partial charge in [0, 0.05) is 17.1 Å². The molecule has 0 atom stereocenters. The van der Waals surface area contributed by atoms with Gasteiger partial charge in [0.15, 0.2) is 11.5 Å². The zero-order chi connectivity index (χ0) is 21.3. The summed E-state index contributed by atoms with van der Waals surface area (Å²) in [5.74, 6) is 0.145. The fraction of sp³-hybridized carbons (Fsp3) is 0.105. The Morgan fingerprint density at radius 1 is 1.23 bits per heavy atom. The highest BCUT2D eigenvalue weighted by molar-refractivity contribution is 7.10. The van der Waals surface area contributed by atoms with Gasteiger partial charge in [0.05, 0.1) is 23.5 Å². The van der Waals surface area contributed by atoms with E-state index in [-0.39, 0.29) is 10.9 Å². The Morgan fingerprint density at radius 3 is 2.70 bits per heavy atom. The summed E-state index contributed by atoms with van der Waals surface area (Å²) < 4.78 is 24.3. The largest absolute Gasteiger partial charge is 0.497 e. The number of hydrogen-bond donors (Lipinski definition) is 1. The van der Waals surface area contributed by atoms with Crippen molar-refractivity contribution < 1.29 is 13.9 Å². The highest BCUT2D eigenvalue weighted by atomic mass is 35.5. The van der Waals surface area contributed by atoms with E-state index in [1.807, 2.05) is 0 Å². The Hall–Kier alpha value is -3.37. The van der Waals surface area contributed by atoms with E-state index >= 15 is 0 Å². The van der Waals surface area contributed by atoms with E-state index in [9.17, 15) is 9.18 Å². The lowest BCUT2D eigenvalue weighted by molar-refractivity contribution is 0.102. The van der Waals surface area contributed by atoms with Crippen molar-refractivity contribution in [1.82, 2.24) is 24.4 Å². The molecule has 152 valence electrons. The van der Waals surface area contributed by atoms with Gasteiger partial charge in [-0.05, 0) is 49.4 Å². The molecule has 0 bridgehead atoms. The standard InChI is InChI=1S/C19H14ClFN6O2S/c1-10-16(24-26-27(10)12-5-8-15(21)14(20)9-12)17-22-19(30-25-17)23-18(28)11-3-6-13(29-2)7-4-11/h3-9H,1-2H3,(H,22,23,25,28). The van der Waals surface area contributed by atoms with Crippen LogP contribution in [0.25, 0.3) is 17.2 Å². The van der Waals surface area contributed by atoms with Gasteiger partial charge in [0.25, 0.3) is 5.91 Å². The summed E-state index contributed by atoms with van der Waals surface area (Å²) in [5, 5.41) is 11.2. The molecule has 0 aliphatic rings. The minimum atomic E-state index is -0.517. The van der Waals surface area contributed by atoms with Gasteiger partial charge < -0.3 is 4.74 Å². The predicted molar refractivity (Wildman–Crippen MR) is 111 cm³/mol. The number of aromatic nitrogens is 5. The van der Waals surface area contributed by atoms with E-state index in [0.717, 1.165) is 11.5 Å². The summed E-state index contributed by atoms with van der Waals surface area (Å²) in [6.07, 6.45) is 0. The number of nitrogens with one attached hydrogen (secondary N) is 1. The number of methoxy groups -OCH3 is 1. The predicted octanol–water partition coefficient (Wildman–Crippen LogP) is 4.15. The fourth-order valence-corrected chi connectivity index (χ4v) is 3.42. The average Bonchev–Trinajstić information content (AvgIpc) is 3.36. The average molecular weight is 445 g/mol. The summed E-state index contributed by atoms with van der Waals surface area (Å²) in [5.41, 5.74) is 2.10. The molecule has 0 fully saturated rings. The second-order valence-electron chi connectivity index (χ2n) is 6.14. The number of ether oxygens (including phenoxy) is 1. The van der Waals surface area contributed by atoms with Crippen LogP contribution in [0.4, 0.5) is 9.52 Å². The molecule has 0 unspecified atom stereocenters. The number of anilines is 1. The maximum Gasteiger partial charge on any atom is 0.257 e. The summed E-state index contributed by atoms with van der Waals surface area (Å²) in [6.45, 7) is 1.78. The number of rotatable bonds is 5. The monoisotopic (exact) mass is 444 g/mol. The van der Waals surface area contributed by atoms with Gasteiger partial charge in [-0.3, -0.25) is 10.1 Å². The molecule has 4 aromatic rings. The highest BCUT2D eigenvalue weighted by Crippen LogP contribution is 2.25. The maximum atomic E-state index is 13.4. The molecule has 0 spiro atoms. The molecule has 1 amide bonds. The van der Waals surface area contributed by atoms with Gasteiger partial charge in [0.1, 0.15) is 11.6 Å². The van der Waals surface area contributed by atoms with E-state index in [0.29, 0.717) is 39.3 Å². The molecule has 0 radical (unpaired) electrons. The van der Waals surface area contributed by atoms with Crippen molar-refractivity contribution >= 4 is 34.2 Å². The molecule has 2 aromatic heterocycles. The van der Waals surface area contributed by atoms with Gasteiger partial charge in [0.2, 0.25) is 5.13 Å². The van der Waals surface area contributed by atoms with Crippen LogP contribution < -0.4 is 10.1 Å². The van der Waals surface area contributed by atoms with E-state index in [1.165, 1.54) is 16.8 Å². The number of benzene rings is 2. The molecule has 2 heterocycles. The van der Waals surface area contributed by atoms with E-state index < -0.39 is 5.82 Å². The fourth-order valence-electron chi connectivity index (χ4n) is 2.68. The molecule has 8 nitrogen and oxygen atoms in total. The zero-order valence-electron chi connectivity index (χ0n) is 15.8. The lowest BCUT2D eigenvalue weighted by Crippen LogP contribution is -2.11. The molecule has 30 heavy (non-hydrogen) atoms. The summed E-state index contributed by atoms with van der Waals surface area (Å²) >= 11 is 6.88. The van der Waals surface area contributed by atoms with Crippen LogP contribution in [0.3, 0.4) is 0 Å². The number of amides is 1. The Bertz CT molecular complexity index is 1220. The third-order valence-corrected chi connectivity index (χ3v) is 5.17. The molecule has 11 heteroatoms. The minimum absolute atomic E-state index is 0.0146. The normalized spacial score (nSPS) is 10.8. The molecule has 1 N–H and O–H groups in total. The molecule has 2 aromatic carbocycles. The van der Waals surface area contributed by atoms with Crippen LogP contribution in [0.5, 0.6) is 5.75 Å². The smallest absolute Gasteiger partial charge is 0.257 e. The van der Waals surface area contributed by atoms with Gasteiger partial charge >= 0.3 is 0 Å². The number of hydrogen-bond acceptors (Lipinski definition) is 7. The number of nitrogens with zero attached hydrogens (tertiary/aromatic N) is 5. The number of carbonyl (C=O) groups is 1. The van der Waals surface area contributed by atoms with Crippen molar-refractivity contribution in [2.75, 3.05) is 12.4 Å². The first-order chi connectivity index (χ1) is 14.5. The van der Waals surface area contributed by atoms with Crippen LogP contribution in [0.1, 0.15) is 16.1 Å². The van der Waals surface area contributed by atoms with Crippen LogP contribution >= 0.6 is 23.1 Å². The van der Waals surface area contributed by atoms with Crippen molar-refractivity contribution in [3.63, 3.8) is 0 Å². The Kier molecular flexibility index (Phi) is 5.42. The van der Waals surface area contributed by atoms with Gasteiger partial charge in [-0.25, -0.2) is 9.07 Å². The third kappa shape index (κ3) is 3.87. The number of halogens is 2. The maximum absolute atomic E-state index is 13.4. The van der Waals surface area contributed by atoms with Crippen LogP contribution in [0, 0.1) is 12.7 Å². The van der Waals surface area contributed by atoms with E-state index in [2.05, 4.69) is 25.0 Å². The lowest BCUT2D eigenvalue weighted by Gasteiger charge is -2.04. The Labute approximate surface area is 179 Å². The third-order valence-electron chi connectivity index (χ3n) is 4.25. The second kappa shape index (κ2) is 8.17. The van der Waals surface area contributed by atoms with Gasteiger partial charge in [-0.15, -0.1) is 5.10 Å². The summed E-state index contributed by atoms with van der Waals surface area (Å²) in [7, 11) is 1.56. The van der Waals surface area contributed by atoms with Crippen molar-refractivity contribution in [3.8, 4) is 23.0 Å². The zero-order valence-corrected chi connectivity index (χ0v) is 17.3. The molecule has 4 rings (SSSR count). The molecule has 0 saturated heterocycles. The van der Waals surface area contributed by atoms with Crippen LogP contribution in [-0.4, -0.2) is 37.4 Å². The van der Waals surface area contributed by atoms with E-state index in [4.69, 9.17) is 16.3 Å². The summed E-state index contributed by atoms with van der Waals surface area (Å²) in [6, 6.07) is 11.0. The lowest BCUT2D eigenvalue weighted by atomic mass is 10.2. The van der Waals surface area contributed by atoms with Crippen LogP contribution in [-0.2, 0) is 0 Å². The SMILES string of the molecule is COc1ccc(C(=O)Nc2nc(-c3nnn(-c4ccc(F)c(Cl)c4)c3C)ns2)cc1. The van der Waals surface area contributed by atoms with Crippen LogP contribution in [0.15, 0.2) is 42.5 Å². The van der Waals surface area contributed by atoms with Crippen molar-refractivity contribution in [2.24, 2.45) is 0 Å². The Balaban J connectivity index is 1.54. The molecular formula is C19H14ClFN6O2S. The number of carbonyl (C=O) groups excluding carboxylic acids is 1. The first kappa shape index (κ1) is 19.9. The van der Waals surface area contributed by atoms with E-state index in [1.54, 1.807) is 44.4 Å². The van der Waals surface area contributed by atoms with Gasteiger partial charge in [-0.2, -0.15) is 9.36 Å². The van der Waals surface area contributed by atoms with Crippen molar-refractivity contribution in [3.05, 3.63) is 64.6 Å². The summed E-state index contributed by atoms with van der Waals surface area (Å²) in [4.78, 5) is 16.7. The quantitative estimate of drug-likeness (QED) is 0.497. The first-order valence-electron chi connectivity index (χ1n) is 8.63. The van der Waals surface area contributed by atoms with Crippen molar-refractivity contribution in [1.29, 1.82) is 0 Å². The topological polar surface area (TPSA) is 94.8 Å². The van der Waals surface area contributed by atoms with Crippen LogP contribution in [0.2, 0.25) is 5.02 Å². The molecular weight excluding hydrogens is 431 g/mol. The molecule has 0 aliphatic heterocycles. The van der Waals surface area contributed by atoms with Gasteiger partial charge in [-0.1, -0.05) is 16.8 Å². The first-order valence-corrected chi connectivity index (χ1v) is 9.78. The molecule has 0 aliphatic carbocycles. The molecule has 0 saturated carbocycles. The van der Waals surface area contributed by atoms with Crippen molar-refractivity contribution in [2.45, 2.75) is 6.92 Å². The Morgan fingerprint density at radius 2 is 2.00 bits per heavy atom. The minimum Gasteiger partial charge on any atom is -0.497 e. The second-order valence-corrected chi connectivity index (χ2v) is 7.30. The highest BCUT2D eigenvalue weighted by Gasteiger charge is 2.18.